The quantitative estimate of drug-likeness (QED) is 0.525. The van der Waals surface area contributed by atoms with Crippen LogP contribution in [-0.4, -0.2) is 31.5 Å². The summed E-state index contributed by atoms with van der Waals surface area (Å²) in [4.78, 5) is 26.8. The van der Waals surface area contributed by atoms with Crippen LogP contribution in [0.1, 0.15) is 24.2 Å². The Bertz CT molecular complexity index is 1000. The number of amides is 2. The van der Waals surface area contributed by atoms with E-state index in [0.29, 0.717) is 30.2 Å². The highest BCUT2D eigenvalue weighted by Crippen LogP contribution is 2.19. The maximum absolute atomic E-state index is 12.9. The fourth-order valence-corrected chi connectivity index (χ4v) is 3.16. The van der Waals surface area contributed by atoms with Crippen LogP contribution in [0.5, 0.6) is 5.75 Å². The van der Waals surface area contributed by atoms with E-state index in [1.54, 1.807) is 35.2 Å². The molecular formula is C25H27N3O3. The Labute approximate surface area is 182 Å². The lowest BCUT2D eigenvalue weighted by Crippen LogP contribution is -2.30. The molecule has 0 saturated heterocycles. The number of ether oxygens (including phenoxy) is 1. The van der Waals surface area contributed by atoms with Gasteiger partial charge in [-0.05, 0) is 62.4 Å². The molecule has 0 bridgehead atoms. The van der Waals surface area contributed by atoms with Crippen LogP contribution in [0, 0.1) is 0 Å². The first kappa shape index (κ1) is 21.9. The Balaban J connectivity index is 1.56. The van der Waals surface area contributed by atoms with E-state index in [1.807, 2.05) is 62.4 Å². The highest BCUT2D eigenvalue weighted by Gasteiger charge is 2.15. The van der Waals surface area contributed by atoms with Gasteiger partial charge < -0.3 is 20.3 Å². The van der Waals surface area contributed by atoms with Crippen LogP contribution in [0.15, 0.2) is 78.9 Å². The Morgan fingerprint density at radius 1 is 0.871 bits per heavy atom. The molecule has 3 aromatic rings. The molecule has 0 saturated carbocycles. The van der Waals surface area contributed by atoms with Gasteiger partial charge >= 0.3 is 0 Å². The topological polar surface area (TPSA) is 70.7 Å². The molecule has 6 nitrogen and oxygen atoms in total. The van der Waals surface area contributed by atoms with E-state index in [1.165, 1.54) is 0 Å². The summed E-state index contributed by atoms with van der Waals surface area (Å²) < 4.78 is 5.44. The summed E-state index contributed by atoms with van der Waals surface area (Å²) in [5.74, 6) is 0.479. The van der Waals surface area contributed by atoms with Crippen molar-refractivity contribution < 1.29 is 14.3 Å². The third-order valence-corrected chi connectivity index (χ3v) is 4.64. The summed E-state index contributed by atoms with van der Waals surface area (Å²) in [6.07, 6.45) is 0. The van der Waals surface area contributed by atoms with Crippen molar-refractivity contribution in [1.82, 2.24) is 0 Å². The van der Waals surface area contributed by atoms with Crippen molar-refractivity contribution >= 4 is 28.9 Å². The molecule has 0 aromatic heterocycles. The van der Waals surface area contributed by atoms with Gasteiger partial charge in [0.2, 0.25) is 5.91 Å². The molecule has 6 heteroatoms. The predicted molar refractivity (Wildman–Crippen MR) is 125 cm³/mol. The van der Waals surface area contributed by atoms with E-state index in [0.717, 1.165) is 11.4 Å². The molecular weight excluding hydrogens is 390 g/mol. The van der Waals surface area contributed by atoms with Gasteiger partial charge in [0.05, 0.1) is 13.2 Å². The second kappa shape index (κ2) is 10.8. The van der Waals surface area contributed by atoms with Crippen LogP contribution >= 0.6 is 0 Å². The van der Waals surface area contributed by atoms with Crippen molar-refractivity contribution in [2.24, 2.45) is 0 Å². The van der Waals surface area contributed by atoms with E-state index in [4.69, 9.17) is 4.74 Å². The molecule has 31 heavy (non-hydrogen) atoms. The van der Waals surface area contributed by atoms with Crippen molar-refractivity contribution in [3.05, 3.63) is 84.4 Å². The fraction of sp³-hybridized carbons (Fsp3) is 0.200. The minimum Gasteiger partial charge on any atom is -0.494 e. The van der Waals surface area contributed by atoms with Crippen molar-refractivity contribution in [1.29, 1.82) is 0 Å². The molecule has 0 heterocycles. The van der Waals surface area contributed by atoms with Gasteiger partial charge in [0.1, 0.15) is 5.75 Å². The molecule has 2 amide bonds. The molecule has 3 rings (SSSR count). The Kier molecular flexibility index (Phi) is 7.65. The van der Waals surface area contributed by atoms with Gasteiger partial charge in [-0.1, -0.05) is 24.3 Å². The van der Waals surface area contributed by atoms with Gasteiger partial charge in [0.25, 0.3) is 5.91 Å². The number of anilines is 3. The van der Waals surface area contributed by atoms with E-state index in [9.17, 15) is 9.59 Å². The summed E-state index contributed by atoms with van der Waals surface area (Å²) in [5, 5.41) is 5.92. The van der Waals surface area contributed by atoms with Crippen LogP contribution in [-0.2, 0) is 4.79 Å². The molecule has 0 aliphatic carbocycles. The van der Waals surface area contributed by atoms with Crippen LogP contribution in [0.25, 0.3) is 0 Å². The lowest BCUT2D eigenvalue weighted by molar-refractivity contribution is -0.114. The smallest absolute Gasteiger partial charge is 0.258 e. The number of hydrogen-bond donors (Lipinski definition) is 2. The normalized spacial score (nSPS) is 10.3. The molecule has 0 unspecified atom stereocenters. The summed E-state index contributed by atoms with van der Waals surface area (Å²) >= 11 is 0. The van der Waals surface area contributed by atoms with Gasteiger partial charge in [-0.15, -0.1) is 0 Å². The zero-order chi connectivity index (χ0) is 22.1. The van der Waals surface area contributed by atoms with Crippen LogP contribution in [0.3, 0.4) is 0 Å². The van der Waals surface area contributed by atoms with Crippen molar-refractivity contribution in [2.45, 2.75) is 13.8 Å². The summed E-state index contributed by atoms with van der Waals surface area (Å²) in [7, 11) is 0. The van der Waals surface area contributed by atoms with Crippen LogP contribution in [0.4, 0.5) is 17.1 Å². The van der Waals surface area contributed by atoms with Crippen LogP contribution in [0.2, 0.25) is 0 Å². The van der Waals surface area contributed by atoms with Gasteiger partial charge in [0.15, 0.2) is 0 Å². The Morgan fingerprint density at radius 3 is 2.29 bits per heavy atom. The minimum absolute atomic E-state index is 0.0628. The number of hydrogen-bond acceptors (Lipinski definition) is 4. The monoisotopic (exact) mass is 417 g/mol. The van der Waals surface area contributed by atoms with Gasteiger partial charge in [0, 0.05) is 35.2 Å². The highest BCUT2D eigenvalue weighted by atomic mass is 16.5. The molecule has 2 N–H and O–H groups in total. The number of benzene rings is 3. The SMILES string of the molecule is CCOc1cccc(NC(=O)CNc2ccc(C(=O)N(CC)c3ccccc3)cc2)c1. The Hall–Kier alpha value is -3.80. The third-order valence-electron chi connectivity index (χ3n) is 4.64. The van der Waals surface area contributed by atoms with Gasteiger partial charge in [-0.3, -0.25) is 9.59 Å². The molecule has 3 aromatic carbocycles. The number of nitrogens with one attached hydrogen (secondary N) is 2. The first-order chi connectivity index (χ1) is 15.1. The second-order valence-corrected chi connectivity index (χ2v) is 6.82. The average molecular weight is 418 g/mol. The molecule has 0 radical (unpaired) electrons. The molecule has 0 atom stereocenters. The summed E-state index contributed by atoms with van der Waals surface area (Å²) in [6.45, 7) is 5.11. The maximum Gasteiger partial charge on any atom is 0.258 e. The zero-order valence-corrected chi connectivity index (χ0v) is 17.8. The standard InChI is InChI=1S/C25H27N3O3/c1-3-28(22-10-6-5-7-11-22)25(30)19-13-15-20(16-14-19)26-18-24(29)27-21-9-8-12-23(17-21)31-4-2/h5-17,26H,3-4,18H2,1-2H3,(H,27,29). The van der Waals surface area contributed by atoms with Crippen LogP contribution < -0.4 is 20.3 Å². The molecule has 0 aliphatic rings. The average Bonchev–Trinajstić information content (AvgIpc) is 2.80. The van der Waals surface area contributed by atoms with Crippen molar-refractivity contribution in [3.8, 4) is 5.75 Å². The third kappa shape index (κ3) is 6.09. The van der Waals surface area contributed by atoms with Crippen molar-refractivity contribution in [2.75, 3.05) is 35.2 Å². The molecule has 160 valence electrons. The maximum atomic E-state index is 12.9. The number of rotatable bonds is 9. The summed E-state index contributed by atoms with van der Waals surface area (Å²) in [5.41, 5.74) is 2.90. The predicted octanol–water partition coefficient (Wildman–Crippen LogP) is 4.80. The van der Waals surface area contributed by atoms with E-state index in [2.05, 4.69) is 10.6 Å². The fourth-order valence-electron chi connectivity index (χ4n) is 3.16. The second-order valence-electron chi connectivity index (χ2n) is 6.82. The zero-order valence-electron chi connectivity index (χ0n) is 17.8. The van der Waals surface area contributed by atoms with E-state index >= 15 is 0 Å². The minimum atomic E-state index is -0.171. The first-order valence-corrected chi connectivity index (χ1v) is 10.3. The van der Waals surface area contributed by atoms with Crippen molar-refractivity contribution in [3.63, 3.8) is 0 Å². The first-order valence-electron chi connectivity index (χ1n) is 10.3. The van der Waals surface area contributed by atoms with Gasteiger partial charge in [-0.25, -0.2) is 0 Å². The lowest BCUT2D eigenvalue weighted by Gasteiger charge is -2.21. The largest absolute Gasteiger partial charge is 0.494 e. The number of para-hydroxylation sites is 1. The number of nitrogens with zero attached hydrogens (tertiary/aromatic N) is 1. The van der Waals surface area contributed by atoms with Gasteiger partial charge in [-0.2, -0.15) is 0 Å². The molecule has 0 fully saturated rings. The van der Waals surface area contributed by atoms with E-state index in [-0.39, 0.29) is 18.4 Å². The molecule has 0 spiro atoms. The summed E-state index contributed by atoms with van der Waals surface area (Å²) in [6, 6.07) is 24.0. The molecule has 0 aliphatic heterocycles. The van der Waals surface area contributed by atoms with E-state index < -0.39 is 0 Å². The highest BCUT2D eigenvalue weighted by molar-refractivity contribution is 6.06. The lowest BCUT2D eigenvalue weighted by atomic mass is 10.1. The Morgan fingerprint density at radius 2 is 1.61 bits per heavy atom. The number of carbonyl (C=O) groups is 2. The number of carbonyl (C=O) groups excluding carboxylic acids is 2.